The fourth-order valence-corrected chi connectivity index (χ4v) is 2.85. The van der Waals surface area contributed by atoms with Crippen LogP contribution < -0.4 is 5.32 Å². The minimum atomic E-state index is 0.965. The summed E-state index contributed by atoms with van der Waals surface area (Å²) in [6.45, 7) is 7.34. The first kappa shape index (κ1) is 14.3. The largest absolute Gasteiger partial charge is 0.315 e. The van der Waals surface area contributed by atoms with E-state index in [1.54, 1.807) is 11.3 Å². The van der Waals surface area contributed by atoms with E-state index in [0.717, 1.165) is 38.9 Å². The Morgan fingerprint density at radius 1 is 1.26 bits per heavy atom. The third-order valence-corrected chi connectivity index (χ3v) is 4.04. The van der Waals surface area contributed by atoms with Crippen molar-refractivity contribution in [1.29, 1.82) is 0 Å². The second kappa shape index (κ2) is 7.46. The average molecular weight is 277 g/mol. The predicted octanol–water partition coefficient (Wildman–Crippen LogP) is 2.90. The van der Waals surface area contributed by atoms with Crippen LogP contribution in [0, 0.1) is 0 Å². The van der Waals surface area contributed by atoms with Crippen LogP contribution in [0.2, 0.25) is 0 Å². The van der Waals surface area contributed by atoms with Crippen molar-refractivity contribution in [3.8, 4) is 0 Å². The average Bonchev–Trinajstić information content (AvgIpc) is 3.07. The van der Waals surface area contributed by atoms with Crippen molar-refractivity contribution in [2.24, 2.45) is 0 Å². The molecule has 0 unspecified atom stereocenters. The molecule has 1 N–H and O–H groups in total. The molecule has 0 atom stereocenters. The molecule has 19 heavy (non-hydrogen) atoms. The van der Waals surface area contributed by atoms with Gasteiger partial charge in [0, 0.05) is 12.2 Å². The zero-order valence-electron chi connectivity index (χ0n) is 11.9. The molecule has 2 aromatic heterocycles. The van der Waals surface area contributed by atoms with E-state index in [4.69, 9.17) is 0 Å². The predicted molar refractivity (Wildman–Crippen MR) is 81.9 cm³/mol. The summed E-state index contributed by atoms with van der Waals surface area (Å²) in [6.07, 6.45) is 3.19. The lowest BCUT2D eigenvalue weighted by atomic mass is 10.2. The molecule has 0 fully saturated rings. The van der Waals surface area contributed by atoms with Gasteiger partial charge < -0.3 is 5.32 Å². The number of thiophene rings is 1. The van der Waals surface area contributed by atoms with Crippen molar-refractivity contribution in [1.82, 2.24) is 15.1 Å². The van der Waals surface area contributed by atoms with E-state index in [1.807, 2.05) is 0 Å². The van der Waals surface area contributed by atoms with E-state index in [1.165, 1.54) is 17.0 Å². The van der Waals surface area contributed by atoms with Gasteiger partial charge in [-0.2, -0.15) is 16.4 Å². The van der Waals surface area contributed by atoms with Crippen molar-refractivity contribution < 1.29 is 0 Å². The molecule has 0 amide bonds. The highest BCUT2D eigenvalue weighted by Gasteiger charge is 2.04. The lowest BCUT2D eigenvalue weighted by Gasteiger charge is -2.07. The molecule has 2 rings (SSSR count). The molecule has 0 aliphatic rings. The second-order valence-electron chi connectivity index (χ2n) is 4.69. The summed E-state index contributed by atoms with van der Waals surface area (Å²) in [7, 11) is 0. The van der Waals surface area contributed by atoms with Crippen LogP contribution in [0.3, 0.4) is 0 Å². The standard InChI is InChI=1S/C15H23N3S/c1-3-14-11-15(4-2)18(17-14)9-8-16-7-5-13-6-10-19-12-13/h6,10-12,16H,3-5,7-9H2,1-2H3. The number of nitrogens with one attached hydrogen (secondary N) is 1. The summed E-state index contributed by atoms with van der Waals surface area (Å²) in [4.78, 5) is 0. The zero-order chi connectivity index (χ0) is 13.5. The van der Waals surface area contributed by atoms with Crippen molar-refractivity contribution >= 4 is 11.3 Å². The van der Waals surface area contributed by atoms with Gasteiger partial charge in [0.05, 0.1) is 12.2 Å². The molecule has 2 heterocycles. The van der Waals surface area contributed by atoms with Crippen LogP contribution in [-0.2, 0) is 25.8 Å². The van der Waals surface area contributed by atoms with Crippen LogP contribution in [0.25, 0.3) is 0 Å². The molecule has 4 heteroatoms. The first-order valence-corrected chi connectivity index (χ1v) is 8.05. The summed E-state index contributed by atoms with van der Waals surface area (Å²) in [5.41, 5.74) is 3.98. The topological polar surface area (TPSA) is 29.9 Å². The fraction of sp³-hybridized carbons (Fsp3) is 0.533. The van der Waals surface area contributed by atoms with Gasteiger partial charge in [-0.05, 0) is 54.3 Å². The summed E-state index contributed by atoms with van der Waals surface area (Å²) < 4.78 is 2.15. The summed E-state index contributed by atoms with van der Waals surface area (Å²) in [5.74, 6) is 0. The Balaban J connectivity index is 1.71. The minimum absolute atomic E-state index is 0.965. The van der Waals surface area contributed by atoms with Crippen molar-refractivity contribution in [3.63, 3.8) is 0 Å². The number of rotatable bonds is 8. The third-order valence-electron chi connectivity index (χ3n) is 3.31. The molecule has 0 aliphatic heterocycles. The monoisotopic (exact) mass is 277 g/mol. The van der Waals surface area contributed by atoms with E-state index in [2.05, 4.69) is 51.8 Å². The second-order valence-corrected chi connectivity index (χ2v) is 5.47. The molecular formula is C15H23N3S. The molecule has 0 saturated heterocycles. The van der Waals surface area contributed by atoms with E-state index in [9.17, 15) is 0 Å². The van der Waals surface area contributed by atoms with Gasteiger partial charge in [0.1, 0.15) is 0 Å². The number of nitrogens with zero attached hydrogens (tertiary/aromatic N) is 2. The van der Waals surface area contributed by atoms with Gasteiger partial charge in [0.25, 0.3) is 0 Å². The van der Waals surface area contributed by atoms with Crippen molar-refractivity contribution in [3.05, 3.63) is 39.8 Å². The highest BCUT2D eigenvalue weighted by Crippen LogP contribution is 2.07. The highest BCUT2D eigenvalue weighted by molar-refractivity contribution is 7.07. The SMILES string of the molecule is CCc1cc(CC)n(CCNCCc2ccsc2)n1. The molecule has 0 aromatic carbocycles. The van der Waals surface area contributed by atoms with Crippen molar-refractivity contribution in [2.45, 2.75) is 39.7 Å². The number of aromatic nitrogens is 2. The van der Waals surface area contributed by atoms with Crippen LogP contribution >= 0.6 is 11.3 Å². The van der Waals surface area contributed by atoms with Gasteiger partial charge >= 0.3 is 0 Å². The van der Waals surface area contributed by atoms with Gasteiger partial charge in [-0.15, -0.1) is 0 Å². The van der Waals surface area contributed by atoms with Crippen LogP contribution in [0.5, 0.6) is 0 Å². The molecule has 2 aromatic rings. The van der Waals surface area contributed by atoms with Gasteiger partial charge in [0.2, 0.25) is 0 Å². The molecular weight excluding hydrogens is 254 g/mol. The van der Waals surface area contributed by atoms with E-state index >= 15 is 0 Å². The zero-order valence-corrected chi connectivity index (χ0v) is 12.7. The Hall–Kier alpha value is -1.13. The summed E-state index contributed by atoms with van der Waals surface area (Å²) >= 11 is 1.77. The first-order valence-electron chi connectivity index (χ1n) is 7.10. The number of aryl methyl sites for hydroxylation is 2. The van der Waals surface area contributed by atoms with Gasteiger partial charge in [0.15, 0.2) is 0 Å². The first-order chi connectivity index (χ1) is 9.33. The van der Waals surface area contributed by atoms with Crippen LogP contribution in [0.4, 0.5) is 0 Å². The minimum Gasteiger partial charge on any atom is -0.315 e. The van der Waals surface area contributed by atoms with Crippen LogP contribution in [-0.4, -0.2) is 22.9 Å². The molecule has 0 spiro atoms. The molecule has 0 saturated carbocycles. The Morgan fingerprint density at radius 3 is 2.84 bits per heavy atom. The lowest BCUT2D eigenvalue weighted by molar-refractivity contribution is 0.536. The van der Waals surface area contributed by atoms with Crippen LogP contribution in [0.1, 0.15) is 30.8 Å². The Morgan fingerprint density at radius 2 is 2.16 bits per heavy atom. The number of hydrogen-bond donors (Lipinski definition) is 1. The maximum absolute atomic E-state index is 4.63. The lowest BCUT2D eigenvalue weighted by Crippen LogP contribution is -2.23. The smallest absolute Gasteiger partial charge is 0.0624 e. The molecule has 0 bridgehead atoms. The maximum atomic E-state index is 4.63. The highest BCUT2D eigenvalue weighted by atomic mass is 32.1. The van der Waals surface area contributed by atoms with Crippen molar-refractivity contribution in [2.75, 3.05) is 13.1 Å². The normalized spacial score (nSPS) is 11.1. The summed E-state index contributed by atoms with van der Waals surface area (Å²) in [6, 6.07) is 4.42. The third kappa shape index (κ3) is 4.18. The Labute approximate surface area is 119 Å². The van der Waals surface area contributed by atoms with E-state index in [0.29, 0.717) is 0 Å². The molecule has 0 aliphatic carbocycles. The Bertz CT molecular complexity index is 474. The molecule has 104 valence electrons. The van der Waals surface area contributed by atoms with Gasteiger partial charge in [-0.25, -0.2) is 0 Å². The quantitative estimate of drug-likeness (QED) is 0.752. The van der Waals surface area contributed by atoms with Gasteiger partial charge in [-0.3, -0.25) is 4.68 Å². The van der Waals surface area contributed by atoms with E-state index < -0.39 is 0 Å². The van der Waals surface area contributed by atoms with E-state index in [-0.39, 0.29) is 0 Å². The van der Waals surface area contributed by atoms with Crippen LogP contribution in [0.15, 0.2) is 22.9 Å². The molecule has 3 nitrogen and oxygen atoms in total. The Kier molecular flexibility index (Phi) is 5.61. The van der Waals surface area contributed by atoms with Gasteiger partial charge in [-0.1, -0.05) is 13.8 Å². The fourth-order valence-electron chi connectivity index (χ4n) is 2.14. The summed E-state index contributed by atoms with van der Waals surface area (Å²) in [5, 5.41) is 12.5. The number of hydrogen-bond acceptors (Lipinski definition) is 3. The maximum Gasteiger partial charge on any atom is 0.0624 e. The molecule has 0 radical (unpaired) electrons.